The van der Waals surface area contributed by atoms with Crippen molar-refractivity contribution in [2.45, 2.75) is 24.6 Å². The number of amides is 1. The number of carbonyl (C=O) groups excluding carboxylic acids is 1. The molecule has 24 heavy (non-hydrogen) atoms. The number of hydrogen-bond acceptors (Lipinski definition) is 5. The van der Waals surface area contributed by atoms with Crippen molar-refractivity contribution >= 4 is 5.91 Å². The first-order chi connectivity index (χ1) is 11.5. The van der Waals surface area contributed by atoms with Crippen LogP contribution in [0.15, 0.2) is 24.3 Å². The van der Waals surface area contributed by atoms with Crippen molar-refractivity contribution in [1.29, 1.82) is 0 Å². The monoisotopic (exact) mass is 345 g/mol. The Hall–Kier alpha value is -1.35. The molecule has 6 nitrogen and oxygen atoms in total. The Kier molecular flexibility index (Phi) is 5.00. The van der Waals surface area contributed by atoms with E-state index in [-0.39, 0.29) is 33.2 Å². The van der Waals surface area contributed by atoms with Crippen LogP contribution in [-0.2, 0) is 23.7 Å². The topological polar surface area (TPSA) is 66.0 Å². The van der Waals surface area contributed by atoms with E-state index in [1.165, 1.54) is 19.2 Å². The summed E-state index contributed by atoms with van der Waals surface area (Å²) in [6, 6.07) is 0. The van der Waals surface area contributed by atoms with E-state index in [1.54, 1.807) is 6.08 Å². The molecule has 3 unspecified atom stereocenters. The molecule has 8 heteroatoms. The zero-order valence-electron chi connectivity index (χ0n) is 13.4. The molecule has 0 bridgehead atoms. The van der Waals surface area contributed by atoms with Crippen LogP contribution >= 0.6 is 0 Å². The Morgan fingerprint density at radius 3 is 2.29 bits per heavy atom. The normalized spacial score (nSPS) is 34.2. The van der Waals surface area contributed by atoms with Crippen LogP contribution in [0.2, 0.25) is 0 Å². The first-order valence-electron chi connectivity index (χ1n) is 7.85. The van der Waals surface area contributed by atoms with Gasteiger partial charge in [-0.25, -0.2) is 8.78 Å². The maximum Gasteiger partial charge on any atom is 0.272 e. The van der Waals surface area contributed by atoms with Crippen molar-refractivity contribution in [2.75, 3.05) is 33.8 Å². The van der Waals surface area contributed by atoms with Gasteiger partial charge >= 0.3 is 0 Å². The summed E-state index contributed by atoms with van der Waals surface area (Å²) >= 11 is 0. The molecule has 3 aliphatic rings. The summed E-state index contributed by atoms with van der Waals surface area (Å²) in [4.78, 5) is 12.8. The Bertz CT molecular complexity index is 509. The molecule has 0 spiro atoms. The molecule has 0 saturated carbocycles. The Morgan fingerprint density at radius 2 is 1.83 bits per heavy atom. The third-order valence-electron chi connectivity index (χ3n) is 4.87. The van der Waals surface area contributed by atoms with Gasteiger partial charge in [0.1, 0.15) is 31.2 Å². The average Bonchev–Trinajstić information content (AvgIpc) is 3.27. The summed E-state index contributed by atoms with van der Waals surface area (Å²) in [5.74, 6) is -4.60. The van der Waals surface area contributed by atoms with Crippen molar-refractivity contribution in [1.82, 2.24) is 5.32 Å². The molecule has 2 saturated heterocycles. The van der Waals surface area contributed by atoms with Crippen LogP contribution in [0.25, 0.3) is 0 Å². The fourth-order valence-electron chi connectivity index (χ4n) is 3.55. The Balaban J connectivity index is 1.97. The number of hydrogen-bond donors (Lipinski definition) is 1. The molecule has 1 N–H and O–H groups in total. The van der Waals surface area contributed by atoms with E-state index < -0.39 is 35.4 Å². The van der Waals surface area contributed by atoms with E-state index in [9.17, 15) is 13.6 Å². The van der Waals surface area contributed by atoms with Gasteiger partial charge in [0.15, 0.2) is 0 Å². The third kappa shape index (κ3) is 2.99. The second-order valence-electron chi connectivity index (χ2n) is 6.14. The molecule has 1 aliphatic carbocycles. The smallest absolute Gasteiger partial charge is 0.272 e. The van der Waals surface area contributed by atoms with E-state index in [0.717, 1.165) is 6.08 Å². The van der Waals surface area contributed by atoms with Gasteiger partial charge in [-0.2, -0.15) is 0 Å². The predicted octanol–water partition coefficient (Wildman–Crippen LogP) is 1.23. The number of nitrogens with one attached hydrogen (secondary N) is 1. The van der Waals surface area contributed by atoms with Crippen LogP contribution in [0.1, 0.15) is 6.42 Å². The molecule has 134 valence electrons. The largest absolute Gasteiger partial charge is 0.359 e. The van der Waals surface area contributed by atoms with Crippen LogP contribution < -0.4 is 5.32 Å². The van der Waals surface area contributed by atoms with Gasteiger partial charge in [0, 0.05) is 13.0 Å². The van der Waals surface area contributed by atoms with Crippen molar-refractivity contribution < 1.29 is 32.5 Å². The lowest BCUT2D eigenvalue weighted by molar-refractivity contribution is -0.157. The van der Waals surface area contributed by atoms with Crippen LogP contribution in [-0.4, -0.2) is 57.9 Å². The quantitative estimate of drug-likeness (QED) is 0.812. The molecule has 2 fully saturated rings. The van der Waals surface area contributed by atoms with E-state index in [1.807, 2.05) is 0 Å². The van der Waals surface area contributed by atoms with Crippen molar-refractivity contribution in [2.24, 2.45) is 11.3 Å². The minimum atomic E-state index is -3.05. The first-order valence-corrected chi connectivity index (χ1v) is 7.85. The number of rotatable bonds is 5. The summed E-state index contributed by atoms with van der Waals surface area (Å²) in [7, 11) is 1.47. The lowest BCUT2D eigenvalue weighted by Gasteiger charge is -2.42. The minimum absolute atomic E-state index is 0.0216. The standard InChI is InChI=1S/C16H21F2NO5/c1-19-14(20)15(12-7-21-9-23-12,13-8-22-10-24-13)6-11-4-2-3-5-16(11,17)18/h2-5,11-13H,6-10H2,1H3,(H,19,20). The van der Waals surface area contributed by atoms with Gasteiger partial charge in [-0.1, -0.05) is 18.2 Å². The molecular formula is C16H21F2NO5. The number of ether oxygens (including phenoxy) is 4. The Labute approximate surface area is 138 Å². The number of allylic oxidation sites excluding steroid dienone is 4. The number of alkyl halides is 2. The van der Waals surface area contributed by atoms with Gasteiger partial charge in [-0.05, 0) is 12.5 Å². The SMILES string of the molecule is CNC(=O)C(CC1C=CC=CC1(F)F)(C1COCO1)C1COCO1. The fourth-order valence-corrected chi connectivity index (χ4v) is 3.55. The van der Waals surface area contributed by atoms with Crippen molar-refractivity contribution in [3.8, 4) is 0 Å². The van der Waals surface area contributed by atoms with E-state index in [2.05, 4.69) is 5.32 Å². The number of halogens is 2. The van der Waals surface area contributed by atoms with Gasteiger partial charge < -0.3 is 24.3 Å². The van der Waals surface area contributed by atoms with Crippen LogP contribution in [0.5, 0.6) is 0 Å². The predicted molar refractivity (Wildman–Crippen MR) is 79.2 cm³/mol. The minimum Gasteiger partial charge on any atom is -0.359 e. The van der Waals surface area contributed by atoms with Crippen LogP contribution in [0.3, 0.4) is 0 Å². The molecule has 3 rings (SSSR count). The molecule has 2 aliphatic heterocycles. The van der Waals surface area contributed by atoms with E-state index >= 15 is 0 Å². The second-order valence-corrected chi connectivity index (χ2v) is 6.14. The highest BCUT2D eigenvalue weighted by atomic mass is 19.3. The first kappa shape index (κ1) is 17.5. The Morgan fingerprint density at radius 1 is 1.21 bits per heavy atom. The summed E-state index contributed by atoms with van der Waals surface area (Å²) in [5.41, 5.74) is -1.33. The molecule has 0 radical (unpaired) electrons. The molecule has 2 heterocycles. The summed E-state index contributed by atoms with van der Waals surface area (Å²) in [6.45, 7) is 0.331. The number of carbonyl (C=O) groups is 1. The highest BCUT2D eigenvalue weighted by Gasteiger charge is 2.58. The maximum absolute atomic E-state index is 14.3. The lowest BCUT2D eigenvalue weighted by Crippen LogP contribution is -2.58. The molecule has 0 aromatic heterocycles. The molecular weight excluding hydrogens is 324 g/mol. The van der Waals surface area contributed by atoms with Gasteiger partial charge in [0.25, 0.3) is 5.92 Å². The highest BCUT2D eigenvalue weighted by molar-refractivity contribution is 5.84. The maximum atomic E-state index is 14.3. The zero-order valence-corrected chi connectivity index (χ0v) is 13.4. The van der Waals surface area contributed by atoms with Crippen LogP contribution in [0, 0.1) is 11.3 Å². The average molecular weight is 345 g/mol. The van der Waals surface area contributed by atoms with Crippen LogP contribution in [0.4, 0.5) is 8.78 Å². The van der Waals surface area contributed by atoms with Gasteiger partial charge in [0.2, 0.25) is 5.91 Å². The van der Waals surface area contributed by atoms with Gasteiger partial charge in [0.05, 0.1) is 13.2 Å². The third-order valence-corrected chi connectivity index (χ3v) is 4.87. The van der Waals surface area contributed by atoms with Crippen molar-refractivity contribution in [3.05, 3.63) is 24.3 Å². The van der Waals surface area contributed by atoms with E-state index in [0.29, 0.717) is 0 Å². The van der Waals surface area contributed by atoms with Gasteiger partial charge in [-0.3, -0.25) is 4.79 Å². The van der Waals surface area contributed by atoms with Crippen molar-refractivity contribution in [3.63, 3.8) is 0 Å². The highest BCUT2D eigenvalue weighted by Crippen LogP contribution is 2.46. The fraction of sp³-hybridized carbons (Fsp3) is 0.688. The molecule has 0 aromatic rings. The van der Waals surface area contributed by atoms with E-state index in [4.69, 9.17) is 18.9 Å². The summed E-state index contributed by atoms with van der Waals surface area (Å²) < 4.78 is 50.2. The zero-order chi connectivity index (χ0) is 17.2. The summed E-state index contributed by atoms with van der Waals surface area (Å²) in [6.07, 6.45) is 3.64. The second kappa shape index (κ2) is 6.87. The molecule has 3 atom stereocenters. The summed E-state index contributed by atoms with van der Waals surface area (Å²) in [5, 5.41) is 2.58. The van der Waals surface area contributed by atoms with Gasteiger partial charge in [-0.15, -0.1) is 0 Å². The lowest BCUT2D eigenvalue weighted by atomic mass is 9.68. The molecule has 1 amide bonds. The molecule has 0 aromatic carbocycles.